The van der Waals surface area contributed by atoms with Crippen LogP contribution in [0.25, 0.3) is 0 Å². The first kappa shape index (κ1) is 18.9. The highest BCUT2D eigenvalue weighted by atomic mass is 16.6. The molecule has 0 bridgehead atoms. The summed E-state index contributed by atoms with van der Waals surface area (Å²) in [7, 11) is 1.64. The molecule has 1 fully saturated rings. The summed E-state index contributed by atoms with van der Waals surface area (Å²) in [4.78, 5) is 16.7. The lowest BCUT2D eigenvalue weighted by molar-refractivity contribution is -0.123. The largest absolute Gasteiger partial charge is 0.486 e. The predicted octanol–water partition coefficient (Wildman–Crippen LogP) is 0.727. The first-order valence-electron chi connectivity index (χ1n) is 9.25. The second-order valence-corrected chi connectivity index (χ2v) is 6.95. The van der Waals surface area contributed by atoms with Crippen LogP contribution in [-0.4, -0.2) is 81.4 Å². The van der Waals surface area contributed by atoms with E-state index in [2.05, 4.69) is 27.2 Å². The van der Waals surface area contributed by atoms with Crippen LogP contribution >= 0.6 is 0 Å². The van der Waals surface area contributed by atoms with Crippen LogP contribution < -0.4 is 14.8 Å². The molecule has 7 nitrogen and oxygen atoms in total. The minimum absolute atomic E-state index is 0.0454. The summed E-state index contributed by atoms with van der Waals surface area (Å²) in [5.41, 5.74) is 1.23. The van der Waals surface area contributed by atoms with E-state index in [4.69, 9.17) is 14.2 Å². The predicted molar refractivity (Wildman–Crippen MR) is 98.6 cm³/mol. The summed E-state index contributed by atoms with van der Waals surface area (Å²) in [6, 6.07) is 6.21. The van der Waals surface area contributed by atoms with Crippen LogP contribution in [0.4, 0.5) is 0 Å². The molecule has 2 heterocycles. The molecule has 1 N–H and O–H groups in total. The third kappa shape index (κ3) is 5.33. The zero-order valence-electron chi connectivity index (χ0n) is 15.7. The van der Waals surface area contributed by atoms with Crippen LogP contribution in [0.5, 0.6) is 11.5 Å². The van der Waals surface area contributed by atoms with E-state index in [0.29, 0.717) is 26.4 Å². The van der Waals surface area contributed by atoms with E-state index in [-0.39, 0.29) is 11.9 Å². The number of nitrogens with one attached hydrogen (secondary N) is 1. The Bertz CT molecular complexity index is 602. The van der Waals surface area contributed by atoms with E-state index in [1.165, 1.54) is 5.56 Å². The topological polar surface area (TPSA) is 63.3 Å². The van der Waals surface area contributed by atoms with Crippen molar-refractivity contribution in [3.05, 3.63) is 23.8 Å². The monoisotopic (exact) mass is 363 g/mol. The van der Waals surface area contributed by atoms with Crippen molar-refractivity contribution in [3.63, 3.8) is 0 Å². The van der Waals surface area contributed by atoms with Crippen LogP contribution in [0.1, 0.15) is 12.5 Å². The zero-order valence-corrected chi connectivity index (χ0v) is 15.7. The molecule has 0 aliphatic carbocycles. The van der Waals surface area contributed by atoms with E-state index in [1.54, 1.807) is 7.11 Å². The number of ether oxygens (including phenoxy) is 3. The molecule has 26 heavy (non-hydrogen) atoms. The van der Waals surface area contributed by atoms with Gasteiger partial charge in [-0.15, -0.1) is 0 Å². The Labute approximate surface area is 155 Å². The molecule has 1 aromatic rings. The van der Waals surface area contributed by atoms with Crippen molar-refractivity contribution < 1.29 is 19.0 Å². The summed E-state index contributed by atoms with van der Waals surface area (Å²) in [6.45, 7) is 8.76. The van der Waals surface area contributed by atoms with Gasteiger partial charge in [-0.1, -0.05) is 6.07 Å². The van der Waals surface area contributed by atoms with E-state index < -0.39 is 0 Å². The van der Waals surface area contributed by atoms with Gasteiger partial charge in [-0.2, -0.15) is 0 Å². The highest BCUT2D eigenvalue weighted by molar-refractivity contribution is 5.78. The fraction of sp³-hybridized carbons (Fsp3) is 0.632. The second-order valence-electron chi connectivity index (χ2n) is 6.95. The molecular weight excluding hydrogens is 334 g/mol. The number of hydrogen-bond acceptors (Lipinski definition) is 6. The fourth-order valence-corrected chi connectivity index (χ4v) is 3.37. The van der Waals surface area contributed by atoms with Crippen LogP contribution in [0.2, 0.25) is 0 Å². The number of amides is 1. The average molecular weight is 363 g/mol. The van der Waals surface area contributed by atoms with Crippen LogP contribution in [-0.2, 0) is 16.1 Å². The maximum atomic E-state index is 12.1. The molecule has 0 aromatic heterocycles. The Morgan fingerprint density at radius 2 is 1.85 bits per heavy atom. The smallest absolute Gasteiger partial charge is 0.234 e. The normalized spacial score (nSPS) is 19.2. The van der Waals surface area contributed by atoms with Crippen molar-refractivity contribution in [3.8, 4) is 11.5 Å². The summed E-state index contributed by atoms with van der Waals surface area (Å²) in [5, 5.41) is 2.96. The third-order valence-electron chi connectivity index (χ3n) is 4.67. The highest BCUT2D eigenvalue weighted by Gasteiger charge is 2.20. The Balaban J connectivity index is 1.42. The van der Waals surface area contributed by atoms with E-state index >= 15 is 0 Å². The molecule has 1 atom stereocenters. The van der Waals surface area contributed by atoms with Crippen molar-refractivity contribution in [1.29, 1.82) is 0 Å². The van der Waals surface area contributed by atoms with Crippen LogP contribution in [0.3, 0.4) is 0 Å². The third-order valence-corrected chi connectivity index (χ3v) is 4.67. The number of fused-ring (bicyclic) bond motifs is 1. The molecule has 2 aliphatic heterocycles. The second kappa shape index (κ2) is 9.21. The molecule has 7 heteroatoms. The number of hydrogen-bond donors (Lipinski definition) is 1. The molecule has 0 saturated carbocycles. The summed E-state index contributed by atoms with van der Waals surface area (Å²) < 4.78 is 16.3. The van der Waals surface area contributed by atoms with Gasteiger partial charge in [-0.05, 0) is 24.6 Å². The summed E-state index contributed by atoms with van der Waals surface area (Å²) >= 11 is 0. The molecule has 3 rings (SSSR count). The molecule has 2 aliphatic rings. The van der Waals surface area contributed by atoms with Crippen molar-refractivity contribution in [2.45, 2.75) is 19.5 Å². The molecule has 1 aromatic carbocycles. The quantitative estimate of drug-likeness (QED) is 0.771. The maximum Gasteiger partial charge on any atom is 0.234 e. The number of rotatable bonds is 7. The first-order chi connectivity index (χ1) is 12.6. The van der Waals surface area contributed by atoms with Gasteiger partial charge in [-0.3, -0.25) is 14.6 Å². The average Bonchev–Trinajstić information content (AvgIpc) is 2.63. The van der Waals surface area contributed by atoms with E-state index in [0.717, 1.165) is 44.2 Å². The Morgan fingerprint density at radius 1 is 1.15 bits per heavy atom. The van der Waals surface area contributed by atoms with Gasteiger partial charge in [-0.25, -0.2) is 0 Å². The molecule has 144 valence electrons. The Hall–Kier alpha value is -1.83. The summed E-state index contributed by atoms with van der Waals surface area (Å²) in [5.74, 6) is 1.74. The number of carbonyl (C=O) groups is 1. The number of piperazine rings is 1. The molecule has 1 unspecified atom stereocenters. The lowest BCUT2D eigenvalue weighted by atomic mass is 10.1. The molecular formula is C19H29N3O4. The molecule has 0 spiro atoms. The number of methoxy groups -OCH3 is 1. The number of nitrogens with zero attached hydrogens (tertiary/aromatic N) is 2. The Kier molecular flexibility index (Phi) is 6.71. The van der Waals surface area contributed by atoms with Crippen LogP contribution in [0, 0.1) is 0 Å². The highest BCUT2D eigenvalue weighted by Crippen LogP contribution is 2.31. The first-order valence-corrected chi connectivity index (χ1v) is 9.25. The Morgan fingerprint density at radius 3 is 2.58 bits per heavy atom. The van der Waals surface area contributed by atoms with E-state index in [1.807, 2.05) is 13.0 Å². The number of benzene rings is 1. The minimum Gasteiger partial charge on any atom is -0.486 e. The minimum atomic E-state index is 0.0454. The van der Waals surface area contributed by atoms with Crippen molar-refractivity contribution >= 4 is 5.91 Å². The molecule has 1 saturated heterocycles. The molecule has 1 amide bonds. The lowest BCUT2D eigenvalue weighted by Gasteiger charge is -2.34. The van der Waals surface area contributed by atoms with Crippen molar-refractivity contribution in [2.24, 2.45) is 0 Å². The van der Waals surface area contributed by atoms with Gasteiger partial charge in [0.2, 0.25) is 5.91 Å². The van der Waals surface area contributed by atoms with Gasteiger partial charge in [0.15, 0.2) is 11.5 Å². The van der Waals surface area contributed by atoms with Gasteiger partial charge in [0.1, 0.15) is 13.2 Å². The lowest BCUT2D eigenvalue weighted by Crippen LogP contribution is -2.50. The van der Waals surface area contributed by atoms with Crippen molar-refractivity contribution in [1.82, 2.24) is 15.1 Å². The van der Waals surface area contributed by atoms with Gasteiger partial charge in [0.05, 0.1) is 13.2 Å². The zero-order chi connectivity index (χ0) is 18.4. The van der Waals surface area contributed by atoms with Gasteiger partial charge < -0.3 is 19.5 Å². The van der Waals surface area contributed by atoms with Gasteiger partial charge in [0.25, 0.3) is 0 Å². The fourth-order valence-electron chi connectivity index (χ4n) is 3.37. The SMILES string of the molecule is COCC(C)NC(=O)CN1CCN(Cc2ccc3c(c2)OCCO3)CC1. The van der Waals surface area contributed by atoms with Gasteiger partial charge >= 0.3 is 0 Å². The van der Waals surface area contributed by atoms with Crippen molar-refractivity contribution in [2.75, 3.05) is 59.7 Å². The van der Waals surface area contributed by atoms with Gasteiger partial charge in [0, 0.05) is 45.9 Å². The maximum absolute atomic E-state index is 12.1. The van der Waals surface area contributed by atoms with Crippen LogP contribution in [0.15, 0.2) is 18.2 Å². The number of carbonyl (C=O) groups excluding carboxylic acids is 1. The summed E-state index contributed by atoms with van der Waals surface area (Å²) in [6.07, 6.45) is 0. The molecule has 0 radical (unpaired) electrons. The van der Waals surface area contributed by atoms with E-state index in [9.17, 15) is 4.79 Å². The standard InChI is InChI=1S/C19H29N3O4/c1-15(14-24-2)20-19(23)13-22-7-5-21(6-8-22)12-16-3-4-17-18(11-16)26-10-9-25-17/h3-4,11,15H,5-10,12-14H2,1-2H3,(H,20,23).